The summed E-state index contributed by atoms with van der Waals surface area (Å²) in [7, 11) is 1.99. The molecule has 1 fully saturated rings. The van der Waals surface area contributed by atoms with Crippen molar-refractivity contribution in [3.8, 4) is 0 Å². The second kappa shape index (κ2) is 6.71. The number of benzene rings is 1. The summed E-state index contributed by atoms with van der Waals surface area (Å²) in [6, 6.07) is 8.66. The van der Waals surface area contributed by atoms with Crippen LogP contribution in [0.1, 0.15) is 65.7 Å². The van der Waals surface area contributed by atoms with Crippen molar-refractivity contribution in [2.24, 2.45) is 5.92 Å². The lowest BCUT2D eigenvalue weighted by Crippen LogP contribution is -2.28. The minimum atomic E-state index is -0.918. The summed E-state index contributed by atoms with van der Waals surface area (Å²) in [5.41, 5.74) is 3.29. The van der Waals surface area contributed by atoms with Gasteiger partial charge in [0.25, 0.3) is 0 Å². The third kappa shape index (κ3) is 2.85. The first kappa shape index (κ1) is 17.0. The Labute approximate surface area is 152 Å². The number of anilines is 1. The van der Waals surface area contributed by atoms with E-state index in [2.05, 4.69) is 9.88 Å². The van der Waals surface area contributed by atoms with Crippen LogP contribution in [0.2, 0.25) is 0 Å². The number of likely N-dealkylation sites (N-methyl/N-ethyl adjacent to an activating group) is 1. The molecule has 0 bridgehead atoms. The van der Waals surface area contributed by atoms with E-state index in [4.69, 9.17) is 0 Å². The third-order valence-electron chi connectivity index (χ3n) is 5.98. The van der Waals surface area contributed by atoms with Crippen LogP contribution in [0.3, 0.4) is 0 Å². The van der Waals surface area contributed by atoms with E-state index in [9.17, 15) is 14.3 Å². The van der Waals surface area contributed by atoms with E-state index in [0.717, 1.165) is 11.4 Å². The number of hydrogen-bond acceptors (Lipinski definition) is 3. The van der Waals surface area contributed by atoms with E-state index in [-0.39, 0.29) is 17.8 Å². The molecule has 4 rings (SSSR count). The Morgan fingerprint density at radius 1 is 1.19 bits per heavy atom. The molecule has 0 spiro atoms. The monoisotopic (exact) mass is 354 g/mol. The summed E-state index contributed by atoms with van der Waals surface area (Å²) in [5, 5.41) is 9.36. The smallest absolute Gasteiger partial charge is 0.335 e. The number of carboxylic acid groups (broad SMARTS) is 1. The van der Waals surface area contributed by atoms with Crippen LogP contribution >= 0.6 is 0 Å². The van der Waals surface area contributed by atoms with Gasteiger partial charge in [-0.1, -0.05) is 25.3 Å². The van der Waals surface area contributed by atoms with Crippen LogP contribution in [0.25, 0.3) is 0 Å². The molecule has 1 aromatic carbocycles. The van der Waals surface area contributed by atoms with Gasteiger partial charge in [0.1, 0.15) is 5.82 Å². The summed E-state index contributed by atoms with van der Waals surface area (Å²) < 4.78 is 13.4. The van der Waals surface area contributed by atoms with Crippen LogP contribution < -0.4 is 4.90 Å². The lowest BCUT2D eigenvalue weighted by Gasteiger charge is -2.34. The van der Waals surface area contributed by atoms with Crippen molar-refractivity contribution < 1.29 is 14.3 Å². The Bertz CT molecular complexity index is 815. The maximum Gasteiger partial charge on any atom is 0.335 e. The molecule has 0 amide bonds. The highest BCUT2D eigenvalue weighted by Gasteiger charge is 2.43. The molecule has 1 aliphatic heterocycles. The number of pyridine rings is 1. The van der Waals surface area contributed by atoms with Crippen LogP contribution in [0.4, 0.5) is 10.1 Å². The van der Waals surface area contributed by atoms with Gasteiger partial charge in [-0.05, 0) is 48.6 Å². The SMILES string of the molecule is CN1c2cc(C(=O)O)ccc2C(C2CCCCC2)C1c1ccc(F)cn1. The molecule has 2 unspecified atom stereocenters. The Balaban J connectivity index is 1.80. The number of fused-ring (bicyclic) bond motifs is 1. The first-order valence-electron chi connectivity index (χ1n) is 9.28. The first-order chi connectivity index (χ1) is 12.6. The second-order valence-electron chi connectivity index (χ2n) is 7.46. The summed E-state index contributed by atoms with van der Waals surface area (Å²) in [6.07, 6.45) is 7.37. The Morgan fingerprint density at radius 2 is 1.96 bits per heavy atom. The molecule has 2 heterocycles. The average Bonchev–Trinajstić information content (AvgIpc) is 2.95. The highest BCUT2D eigenvalue weighted by molar-refractivity contribution is 5.89. The predicted octanol–water partition coefficient (Wildman–Crippen LogP) is 4.77. The Morgan fingerprint density at radius 3 is 2.62 bits per heavy atom. The van der Waals surface area contributed by atoms with Crippen molar-refractivity contribution in [2.45, 2.75) is 44.1 Å². The molecule has 0 saturated heterocycles. The van der Waals surface area contributed by atoms with Gasteiger partial charge >= 0.3 is 5.97 Å². The molecular weight excluding hydrogens is 331 g/mol. The molecule has 1 aliphatic carbocycles. The lowest BCUT2D eigenvalue weighted by atomic mass is 9.74. The zero-order chi connectivity index (χ0) is 18.3. The standard InChI is InChI=1S/C21H23FN2O2/c1-24-18-11-14(21(25)26)7-9-16(18)19(13-5-3-2-4-6-13)20(24)17-10-8-15(22)12-23-17/h7-13,19-20H,2-6H2,1H3,(H,25,26). The lowest BCUT2D eigenvalue weighted by molar-refractivity contribution is 0.0697. The molecule has 0 radical (unpaired) electrons. The van der Waals surface area contributed by atoms with Crippen molar-refractivity contribution in [3.63, 3.8) is 0 Å². The molecule has 1 N–H and O–H groups in total. The van der Waals surface area contributed by atoms with Crippen molar-refractivity contribution in [3.05, 3.63) is 59.2 Å². The van der Waals surface area contributed by atoms with Crippen LogP contribution in [0, 0.1) is 11.7 Å². The quantitative estimate of drug-likeness (QED) is 0.862. The van der Waals surface area contributed by atoms with Gasteiger partial charge in [-0.2, -0.15) is 0 Å². The number of aromatic nitrogens is 1. The second-order valence-corrected chi connectivity index (χ2v) is 7.46. The van der Waals surface area contributed by atoms with Gasteiger partial charge in [0.15, 0.2) is 0 Å². The number of carboxylic acids is 1. The van der Waals surface area contributed by atoms with Gasteiger partial charge in [0.05, 0.1) is 23.5 Å². The van der Waals surface area contributed by atoms with E-state index in [1.54, 1.807) is 18.2 Å². The first-order valence-corrected chi connectivity index (χ1v) is 9.28. The molecule has 1 saturated carbocycles. The number of halogens is 1. The van der Waals surface area contributed by atoms with E-state index in [1.807, 2.05) is 13.1 Å². The zero-order valence-corrected chi connectivity index (χ0v) is 14.9. The average molecular weight is 354 g/mol. The number of hydrogen-bond donors (Lipinski definition) is 1. The molecule has 2 atom stereocenters. The summed E-state index contributed by atoms with van der Waals surface area (Å²) >= 11 is 0. The fourth-order valence-electron chi connectivity index (χ4n) is 4.77. The molecule has 5 heteroatoms. The van der Waals surface area contributed by atoms with Gasteiger partial charge in [-0.25, -0.2) is 9.18 Å². The van der Waals surface area contributed by atoms with Gasteiger partial charge in [0, 0.05) is 18.7 Å². The number of carbonyl (C=O) groups is 1. The fraction of sp³-hybridized carbons (Fsp3) is 0.429. The molecule has 4 nitrogen and oxygen atoms in total. The van der Waals surface area contributed by atoms with E-state index in [1.165, 1.54) is 49.9 Å². The van der Waals surface area contributed by atoms with E-state index >= 15 is 0 Å². The van der Waals surface area contributed by atoms with Gasteiger partial charge in [-0.3, -0.25) is 4.98 Å². The van der Waals surface area contributed by atoms with Crippen molar-refractivity contribution in [1.29, 1.82) is 0 Å². The topological polar surface area (TPSA) is 53.4 Å². The molecule has 2 aliphatic rings. The summed E-state index contributed by atoms with van der Waals surface area (Å²) in [5.74, 6) is -0.454. The largest absolute Gasteiger partial charge is 0.478 e. The molecule has 26 heavy (non-hydrogen) atoms. The number of nitrogens with zero attached hydrogens (tertiary/aromatic N) is 2. The minimum absolute atomic E-state index is 0.0118. The molecular formula is C21H23FN2O2. The third-order valence-corrected chi connectivity index (χ3v) is 5.98. The van der Waals surface area contributed by atoms with Crippen LogP contribution in [-0.2, 0) is 0 Å². The van der Waals surface area contributed by atoms with Gasteiger partial charge in [-0.15, -0.1) is 0 Å². The maximum atomic E-state index is 13.4. The maximum absolute atomic E-state index is 13.4. The Hall–Kier alpha value is -2.43. The number of aromatic carboxylic acids is 1. The normalized spacial score (nSPS) is 23.1. The summed E-state index contributed by atoms with van der Waals surface area (Å²) in [6.45, 7) is 0. The molecule has 2 aromatic rings. The van der Waals surface area contributed by atoms with Crippen LogP contribution in [0.5, 0.6) is 0 Å². The number of rotatable bonds is 3. The highest BCUT2D eigenvalue weighted by atomic mass is 19.1. The minimum Gasteiger partial charge on any atom is -0.478 e. The van der Waals surface area contributed by atoms with Crippen molar-refractivity contribution in [1.82, 2.24) is 4.98 Å². The van der Waals surface area contributed by atoms with Crippen LogP contribution in [-0.4, -0.2) is 23.1 Å². The Kier molecular flexibility index (Phi) is 4.39. The van der Waals surface area contributed by atoms with E-state index < -0.39 is 5.97 Å². The molecule has 136 valence electrons. The summed E-state index contributed by atoms with van der Waals surface area (Å²) in [4.78, 5) is 17.9. The van der Waals surface area contributed by atoms with Crippen molar-refractivity contribution in [2.75, 3.05) is 11.9 Å². The fourth-order valence-corrected chi connectivity index (χ4v) is 4.77. The van der Waals surface area contributed by atoms with Gasteiger partial charge < -0.3 is 10.0 Å². The highest BCUT2D eigenvalue weighted by Crippen LogP contribution is 2.54. The van der Waals surface area contributed by atoms with Crippen LogP contribution in [0.15, 0.2) is 36.5 Å². The molecule has 1 aromatic heterocycles. The van der Waals surface area contributed by atoms with Gasteiger partial charge in [0.2, 0.25) is 0 Å². The predicted molar refractivity (Wildman–Crippen MR) is 98.1 cm³/mol. The van der Waals surface area contributed by atoms with E-state index in [0.29, 0.717) is 11.5 Å². The zero-order valence-electron chi connectivity index (χ0n) is 14.9. The van der Waals surface area contributed by atoms with Crippen molar-refractivity contribution >= 4 is 11.7 Å².